The van der Waals surface area contributed by atoms with Crippen LogP contribution >= 0.6 is 0 Å². The van der Waals surface area contributed by atoms with Crippen LogP contribution in [0.25, 0.3) is 11.1 Å². The first-order chi connectivity index (χ1) is 16.1. The molecule has 0 atom stereocenters. The second-order valence-corrected chi connectivity index (χ2v) is 8.19. The highest BCUT2D eigenvalue weighted by Gasteiger charge is 2.37. The van der Waals surface area contributed by atoms with Gasteiger partial charge < -0.3 is 4.74 Å². The molecule has 2 heterocycles. The van der Waals surface area contributed by atoms with Crippen molar-refractivity contribution in [2.75, 3.05) is 13.2 Å². The Morgan fingerprint density at radius 2 is 1.53 bits per heavy atom. The van der Waals surface area contributed by atoms with Crippen molar-refractivity contribution in [2.45, 2.75) is 38.3 Å². The number of rotatable bonds is 3. The first-order valence-electron chi connectivity index (χ1n) is 10.8. The van der Waals surface area contributed by atoms with Crippen LogP contribution in [0.3, 0.4) is 0 Å². The minimum absolute atomic E-state index is 0.0472. The third kappa shape index (κ3) is 5.70. The molecule has 2 aromatic carbocycles. The highest BCUT2D eigenvalue weighted by molar-refractivity contribution is 5.68. The second kappa shape index (κ2) is 9.66. The van der Waals surface area contributed by atoms with Crippen LogP contribution in [0, 0.1) is 0 Å². The molecule has 1 aromatic heterocycles. The number of hydrogen-bond donors (Lipinski definition) is 0. The van der Waals surface area contributed by atoms with Gasteiger partial charge in [-0.1, -0.05) is 30.3 Å². The van der Waals surface area contributed by atoms with Gasteiger partial charge in [0.25, 0.3) is 0 Å². The summed E-state index contributed by atoms with van der Waals surface area (Å²) >= 11 is 0. The Morgan fingerprint density at radius 3 is 2.18 bits per heavy atom. The monoisotopic (exact) mass is 480 g/mol. The van der Waals surface area contributed by atoms with Crippen LogP contribution in [-0.4, -0.2) is 23.0 Å². The van der Waals surface area contributed by atoms with Crippen molar-refractivity contribution in [3.05, 3.63) is 83.0 Å². The first-order valence-corrected chi connectivity index (χ1v) is 10.8. The fourth-order valence-corrected chi connectivity index (χ4v) is 4.05. The molecule has 4 rings (SSSR count). The molecule has 3 aromatic rings. The average molecular weight is 480 g/mol. The van der Waals surface area contributed by atoms with Gasteiger partial charge in [-0.15, -0.1) is 0 Å². The number of halogens is 6. The highest BCUT2D eigenvalue weighted by atomic mass is 19.4. The third-order valence-corrected chi connectivity index (χ3v) is 5.64. The van der Waals surface area contributed by atoms with E-state index in [1.165, 1.54) is 0 Å². The molecule has 0 unspecified atom stereocenters. The van der Waals surface area contributed by atoms with Crippen LogP contribution in [0.15, 0.2) is 60.8 Å². The Labute approximate surface area is 193 Å². The van der Waals surface area contributed by atoms with Crippen LogP contribution in [0.1, 0.15) is 35.1 Å². The molecule has 0 amide bonds. The normalized spacial score (nSPS) is 15.6. The number of aromatic nitrogens is 1. The minimum Gasteiger partial charge on any atom is -0.477 e. The summed E-state index contributed by atoms with van der Waals surface area (Å²) in [7, 11) is 0. The van der Waals surface area contributed by atoms with E-state index in [2.05, 4.69) is 4.98 Å². The van der Waals surface area contributed by atoms with Gasteiger partial charge in [0.05, 0.1) is 17.7 Å². The largest absolute Gasteiger partial charge is 0.477 e. The zero-order valence-corrected chi connectivity index (χ0v) is 18.1. The van der Waals surface area contributed by atoms with Gasteiger partial charge >= 0.3 is 12.4 Å². The number of hydrogen-bond acceptors (Lipinski definition) is 3. The number of alkyl halides is 6. The van der Waals surface area contributed by atoms with Crippen molar-refractivity contribution in [2.24, 2.45) is 0 Å². The van der Waals surface area contributed by atoms with E-state index in [0.29, 0.717) is 31.9 Å². The molecule has 0 N–H and O–H groups in total. The molecule has 1 aliphatic rings. The van der Waals surface area contributed by atoms with Gasteiger partial charge in [0, 0.05) is 24.8 Å². The summed E-state index contributed by atoms with van der Waals surface area (Å²) in [5.41, 5.74) is -0.138. The Kier molecular flexibility index (Phi) is 6.84. The molecular formula is C25H22F6N2O. The van der Waals surface area contributed by atoms with Gasteiger partial charge in [-0.3, -0.25) is 4.90 Å². The predicted molar refractivity (Wildman–Crippen MR) is 115 cm³/mol. The fraction of sp³-hybridized carbons (Fsp3) is 0.320. The summed E-state index contributed by atoms with van der Waals surface area (Å²) in [5.74, 6) is 0.424. The van der Waals surface area contributed by atoms with Gasteiger partial charge in [0.2, 0.25) is 5.88 Å². The number of fused-ring (bicyclic) bond motifs is 1. The Hall–Kier alpha value is -3.07. The van der Waals surface area contributed by atoms with Gasteiger partial charge in [-0.05, 0) is 60.3 Å². The molecule has 9 heteroatoms. The molecule has 180 valence electrons. The molecule has 0 radical (unpaired) electrons. The van der Waals surface area contributed by atoms with Gasteiger partial charge in [0.15, 0.2) is 0 Å². The first kappa shape index (κ1) is 24.1. The fourth-order valence-electron chi connectivity index (χ4n) is 4.05. The van der Waals surface area contributed by atoms with Crippen molar-refractivity contribution in [3.8, 4) is 17.0 Å². The maximum Gasteiger partial charge on any atom is 0.416 e. The van der Waals surface area contributed by atoms with E-state index in [9.17, 15) is 26.3 Å². The van der Waals surface area contributed by atoms with Crippen molar-refractivity contribution in [3.63, 3.8) is 0 Å². The van der Waals surface area contributed by atoms with E-state index in [1.54, 1.807) is 6.20 Å². The summed E-state index contributed by atoms with van der Waals surface area (Å²) in [6, 6.07) is 13.1. The van der Waals surface area contributed by atoms with E-state index in [0.717, 1.165) is 28.8 Å². The molecule has 3 nitrogen and oxygen atoms in total. The van der Waals surface area contributed by atoms with Gasteiger partial charge in [0.1, 0.15) is 0 Å². The second-order valence-electron chi connectivity index (χ2n) is 8.19. The summed E-state index contributed by atoms with van der Waals surface area (Å²) in [4.78, 5) is 6.18. The Bertz CT molecular complexity index is 1100. The number of pyridine rings is 1. The number of ether oxygens (including phenoxy) is 1. The maximum atomic E-state index is 13.3. The quantitative estimate of drug-likeness (QED) is 0.379. The molecule has 0 fully saturated rings. The summed E-state index contributed by atoms with van der Waals surface area (Å²) in [6.07, 6.45) is -6.77. The lowest BCUT2D eigenvalue weighted by molar-refractivity contribution is -0.143. The number of nitrogens with zero attached hydrogens (tertiary/aromatic N) is 2. The molecule has 0 saturated carbocycles. The summed E-state index contributed by atoms with van der Waals surface area (Å²) in [6.45, 7) is 1.11. The van der Waals surface area contributed by atoms with Crippen LogP contribution in [0.5, 0.6) is 5.88 Å². The lowest BCUT2D eigenvalue weighted by Gasteiger charge is -2.24. The zero-order valence-electron chi connectivity index (χ0n) is 18.1. The molecule has 0 spiro atoms. The Balaban J connectivity index is 1.71. The molecule has 0 bridgehead atoms. The average Bonchev–Trinajstić information content (AvgIpc) is 2.88. The Morgan fingerprint density at radius 1 is 0.853 bits per heavy atom. The highest BCUT2D eigenvalue weighted by Crippen LogP contribution is 2.37. The molecule has 0 aliphatic carbocycles. The SMILES string of the molecule is FC(F)(F)c1cc(CN2CCCCOc3nccc(-c4ccccc4)c3C2)cc(C(F)(F)F)c1. The predicted octanol–water partition coefficient (Wildman–Crippen LogP) is 6.96. The molecular weight excluding hydrogens is 458 g/mol. The molecule has 1 aliphatic heterocycles. The van der Waals surface area contributed by atoms with Crippen LogP contribution < -0.4 is 4.74 Å². The summed E-state index contributed by atoms with van der Waals surface area (Å²) < 4.78 is 85.8. The van der Waals surface area contributed by atoms with Crippen molar-refractivity contribution in [1.82, 2.24) is 9.88 Å². The topological polar surface area (TPSA) is 25.4 Å². The minimum atomic E-state index is -4.88. The standard InChI is InChI=1S/C25H22F6N2O/c26-24(27,28)19-12-17(13-20(14-19)25(29,30)31)15-33-10-4-5-11-34-23-22(16-33)21(8-9-32-23)18-6-2-1-3-7-18/h1-3,6-9,12-14H,4-5,10-11,15-16H2. The third-order valence-electron chi connectivity index (χ3n) is 5.64. The van der Waals surface area contributed by atoms with Crippen molar-refractivity contribution < 1.29 is 31.1 Å². The van der Waals surface area contributed by atoms with Crippen LogP contribution in [0.4, 0.5) is 26.3 Å². The molecule has 34 heavy (non-hydrogen) atoms. The van der Waals surface area contributed by atoms with Crippen molar-refractivity contribution in [1.29, 1.82) is 0 Å². The van der Waals surface area contributed by atoms with Crippen LogP contribution in [-0.2, 0) is 25.4 Å². The molecule has 0 saturated heterocycles. The zero-order chi connectivity index (χ0) is 24.3. The van der Waals surface area contributed by atoms with E-state index < -0.39 is 23.5 Å². The smallest absolute Gasteiger partial charge is 0.416 e. The lowest BCUT2D eigenvalue weighted by Crippen LogP contribution is -2.25. The van der Waals surface area contributed by atoms with E-state index in [1.807, 2.05) is 41.3 Å². The lowest BCUT2D eigenvalue weighted by atomic mass is 10.00. The van der Waals surface area contributed by atoms with Crippen molar-refractivity contribution >= 4 is 0 Å². The summed E-state index contributed by atoms with van der Waals surface area (Å²) in [5, 5.41) is 0. The van der Waals surface area contributed by atoms with E-state index in [4.69, 9.17) is 4.74 Å². The van der Waals surface area contributed by atoms with Crippen LogP contribution in [0.2, 0.25) is 0 Å². The van der Waals surface area contributed by atoms with E-state index >= 15 is 0 Å². The van der Waals surface area contributed by atoms with Gasteiger partial charge in [-0.2, -0.15) is 26.3 Å². The number of benzene rings is 2. The van der Waals surface area contributed by atoms with Gasteiger partial charge in [-0.25, -0.2) is 4.98 Å². The maximum absolute atomic E-state index is 13.3. The van der Waals surface area contributed by atoms with E-state index in [-0.39, 0.29) is 24.7 Å².